The Morgan fingerprint density at radius 3 is 2.38 bits per heavy atom. The SMILES string of the molecule is NC(=O)OCCCCCCCC=O. The average Bonchev–Trinajstić information content (AvgIpc) is 2.09. The standard InChI is InChI=1S/C9H17NO3/c10-9(12)13-8-6-4-2-1-3-5-7-11/h7H,1-6,8H2,(H2,10,12). The van der Waals surface area contributed by atoms with Crippen LogP contribution in [0, 0.1) is 0 Å². The molecule has 13 heavy (non-hydrogen) atoms. The van der Waals surface area contributed by atoms with Crippen molar-refractivity contribution in [2.24, 2.45) is 5.73 Å². The summed E-state index contributed by atoms with van der Waals surface area (Å²) in [6, 6.07) is 0. The summed E-state index contributed by atoms with van der Waals surface area (Å²) in [6.45, 7) is 0.406. The molecule has 0 aliphatic heterocycles. The fraction of sp³-hybridized carbons (Fsp3) is 0.778. The molecule has 0 aromatic carbocycles. The molecule has 0 bridgehead atoms. The first-order valence-corrected chi connectivity index (χ1v) is 4.63. The topological polar surface area (TPSA) is 69.4 Å². The van der Waals surface area contributed by atoms with Crippen molar-refractivity contribution in [1.29, 1.82) is 0 Å². The number of nitrogens with two attached hydrogens (primary N) is 1. The van der Waals surface area contributed by atoms with E-state index in [1.165, 1.54) is 0 Å². The third-order valence-corrected chi connectivity index (χ3v) is 1.71. The highest BCUT2D eigenvalue weighted by atomic mass is 16.5. The molecule has 0 aliphatic carbocycles. The fourth-order valence-electron chi connectivity index (χ4n) is 1.03. The molecule has 1 amide bonds. The van der Waals surface area contributed by atoms with E-state index >= 15 is 0 Å². The average molecular weight is 187 g/mol. The van der Waals surface area contributed by atoms with Crippen LogP contribution in [0.2, 0.25) is 0 Å². The number of aldehydes is 1. The van der Waals surface area contributed by atoms with Gasteiger partial charge in [-0.05, 0) is 12.8 Å². The van der Waals surface area contributed by atoms with E-state index in [0.717, 1.165) is 38.4 Å². The highest BCUT2D eigenvalue weighted by Gasteiger charge is 1.93. The Morgan fingerprint density at radius 1 is 1.15 bits per heavy atom. The lowest BCUT2D eigenvalue weighted by Gasteiger charge is -2.00. The molecule has 0 saturated heterocycles. The first-order valence-electron chi connectivity index (χ1n) is 4.63. The van der Waals surface area contributed by atoms with Crippen molar-refractivity contribution in [1.82, 2.24) is 0 Å². The Labute approximate surface area is 78.4 Å². The lowest BCUT2D eigenvalue weighted by molar-refractivity contribution is -0.107. The van der Waals surface area contributed by atoms with Gasteiger partial charge in [0.2, 0.25) is 0 Å². The molecule has 0 saturated carbocycles. The van der Waals surface area contributed by atoms with Crippen molar-refractivity contribution < 1.29 is 14.3 Å². The van der Waals surface area contributed by atoms with Crippen molar-refractivity contribution in [2.75, 3.05) is 6.61 Å². The zero-order valence-electron chi connectivity index (χ0n) is 7.83. The summed E-state index contributed by atoms with van der Waals surface area (Å²) in [5, 5.41) is 0. The number of rotatable bonds is 8. The van der Waals surface area contributed by atoms with Gasteiger partial charge in [0.15, 0.2) is 0 Å². The lowest BCUT2D eigenvalue weighted by Crippen LogP contribution is -2.13. The van der Waals surface area contributed by atoms with Crippen LogP contribution in [0.3, 0.4) is 0 Å². The van der Waals surface area contributed by atoms with Gasteiger partial charge in [0.05, 0.1) is 6.61 Å². The Morgan fingerprint density at radius 2 is 1.77 bits per heavy atom. The lowest BCUT2D eigenvalue weighted by atomic mass is 10.1. The van der Waals surface area contributed by atoms with Crippen molar-refractivity contribution in [3.8, 4) is 0 Å². The second-order valence-electron chi connectivity index (χ2n) is 2.89. The smallest absolute Gasteiger partial charge is 0.404 e. The second kappa shape index (κ2) is 9.03. The van der Waals surface area contributed by atoms with Gasteiger partial charge in [-0.1, -0.05) is 19.3 Å². The molecular formula is C9H17NO3. The van der Waals surface area contributed by atoms with E-state index in [-0.39, 0.29) is 0 Å². The molecule has 0 radical (unpaired) electrons. The minimum atomic E-state index is -0.707. The molecule has 0 spiro atoms. The number of primary amides is 1. The van der Waals surface area contributed by atoms with Gasteiger partial charge >= 0.3 is 6.09 Å². The summed E-state index contributed by atoms with van der Waals surface area (Å²) in [7, 11) is 0. The van der Waals surface area contributed by atoms with Gasteiger partial charge in [0, 0.05) is 6.42 Å². The van der Waals surface area contributed by atoms with E-state index in [2.05, 4.69) is 4.74 Å². The summed E-state index contributed by atoms with van der Waals surface area (Å²) in [6.07, 6.45) is 5.86. The normalized spacial score (nSPS) is 9.54. The molecule has 2 N–H and O–H groups in total. The van der Waals surface area contributed by atoms with Crippen LogP contribution in [0.4, 0.5) is 4.79 Å². The predicted octanol–water partition coefficient (Wildman–Crippen LogP) is 1.62. The zero-order chi connectivity index (χ0) is 9.94. The van der Waals surface area contributed by atoms with Crippen LogP contribution in [0.25, 0.3) is 0 Å². The van der Waals surface area contributed by atoms with Crippen LogP contribution in [0.5, 0.6) is 0 Å². The largest absolute Gasteiger partial charge is 0.450 e. The third-order valence-electron chi connectivity index (χ3n) is 1.71. The molecule has 0 fully saturated rings. The molecule has 76 valence electrons. The number of carbonyl (C=O) groups excluding carboxylic acids is 2. The first-order chi connectivity index (χ1) is 6.27. The van der Waals surface area contributed by atoms with E-state index in [0.29, 0.717) is 13.0 Å². The van der Waals surface area contributed by atoms with Gasteiger partial charge in [0.25, 0.3) is 0 Å². The Bertz CT molecular complexity index is 148. The summed E-state index contributed by atoms with van der Waals surface area (Å²) < 4.78 is 4.55. The molecule has 4 nitrogen and oxygen atoms in total. The maximum atomic E-state index is 10.1. The maximum absolute atomic E-state index is 10.1. The number of carbonyl (C=O) groups is 2. The zero-order valence-corrected chi connectivity index (χ0v) is 7.83. The number of hydrogen-bond acceptors (Lipinski definition) is 3. The van der Waals surface area contributed by atoms with Crippen molar-refractivity contribution in [3.63, 3.8) is 0 Å². The minimum absolute atomic E-state index is 0.406. The summed E-state index contributed by atoms with van der Waals surface area (Å²) in [5.41, 5.74) is 4.77. The van der Waals surface area contributed by atoms with E-state index < -0.39 is 6.09 Å². The highest BCUT2D eigenvalue weighted by molar-refractivity contribution is 5.64. The minimum Gasteiger partial charge on any atom is -0.450 e. The monoisotopic (exact) mass is 187 g/mol. The van der Waals surface area contributed by atoms with Gasteiger partial charge < -0.3 is 15.3 Å². The van der Waals surface area contributed by atoms with E-state index in [4.69, 9.17) is 5.73 Å². The molecule has 0 aromatic heterocycles. The van der Waals surface area contributed by atoms with E-state index in [1.54, 1.807) is 0 Å². The van der Waals surface area contributed by atoms with Crippen LogP contribution in [0.15, 0.2) is 0 Å². The summed E-state index contributed by atoms with van der Waals surface area (Å²) in [4.78, 5) is 20.1. The fourth-order valence-corrected chi connectivity index (χ4v) is 1.03. The molecule has 0 aliphatic rings. The van der Waals surface area contributed by atoms with Crippen molar-refractivity contribution >= 4 is 12.4 Å². The highest BCUT2D eigenvalue weighted by Crippen LogP contribution is 2.04. The molecule has 0 aromatic rings. The molecule has 4 heteroatoms. The van der Waals surface area contributed by atoms with Gasteiger partial charge in [-0.25, -0.2) is 4.79 Å². The van der Waals surface area contributed by atoms with Crippen LogP contribution in [0.1, 0.15) is 38.5 Å². The van der Waals surface area contributed by atoms with E-state index in [1.807, 2.05) is 0 Å². The molecule has 0 heterocycles. The van der Waals surface area contributed by atoms with Gasteiger partial charge in [0.1, 0.15) is 6.29 Å². The quantitative estimate of drug-likeness (QED) is 0.463. The van der Waals surface area contributed by atoms with Gasteiger partial charge in [-0.2, -0.15) is 0 Å². The third kappa shape index (κ3) is 10.9. The summed E-state index contributed by atoms with van der Waals surface area (Å²) >= 11 is 0. The number of ether oxygens (including phenoxy) is 1. The molecular weight excluding hydrogens is 170 g/mol. The van der Waals surface area contributed by atoms with Crippen molar-refractivity contribution in [3.05, 3.63) is 0 Å². The van der Waals surface area contributed by atoms with Crippen LogP contribution in [-0.4, -0.2) is 19.0 Å². The van der Waals surface area contributed by atoms with Crippen LogP contribution >= 0.6 is 0 Å². The maximum Gasteiger partial charge on any atom is 0.404 e. The Hall–Kier alpha value is -1.06. The van der Waals surface area contributed by atoms with Crippen LogP contribution in [-0.2, 0) is 9.53 Å². The second-order valence-corrected chi connectivity index (χ2v) is 2.89. The molecule has 0 unspecified atom stereocenters. The van der Waals surface area contributed by atoms with Crippen LogP contribution < -0.4 is 5.73 Å². The molecule has 0 rings (SSSR count). The van der Waals surface area contributed by atoms with Crippen molar-refractivity contribution in [2.45, 2.75) is 38.5 Å². The molecule has 0 atom stereocenters. The predicted molar refractivity (Wildman–Crippen MR) is 49.3 cm³/mol. The number of hydrogen-bond donors (Lipinski definition) is 1. The number of amides is 1. The summed E-state index contributed by atoms with van der Waals surface area (Å²) in [5.74, 6) is 0. The Kier molecular flexibility index (Phi) is 8.30. The Balaban J connectivity index is 2.91. The van der Waals surface area contributed by atoms with E-state index in [9.17, 15) is 9.59 Å². The number of unbranched alkanes of at least 4 members (excludes halogenated alkanes) is 5. The van der Waals surface area contributed by atoms with Gasteiger partial charge in [-0.15, -0.1) is 0 Å². The first kappa shape index (κ1) is 11.9. The van der Waals surface area contributed by atoms with Gasteiger partial charge in [-0.3, -0.25) is 0 Å².